The number of nitrogens with one attached hydrogen (secondary N) is 1. The number of aliphatic hydroxyl groups excluding tert-OH is 1. The first-order chi connectivity index (χ1) is 5.81. The third kappa shape index (κ3) is 0.987. The van der Waals surface area contributed by atoms with E-state index in [4.69, 9.17) is 5.11 Å². The van der Waals surface area contributed by atoms with Crippen LogP contribution < -0.4 is 0 Å². The molecule has 0 aliphatic rings. The lowest BCUT2D eigenvalue weighted by molar-refractivity contribution is 0.283. The van der Waals surface area contributed by atoms with Crippen LogP contribution in [0.25, 0.3) is 11.0 Å². The first-order valence-corrected chi connectivity index (χ1v) is 3.84. The molecule has 2 aromatic rings. The van der Waals surface area contributed by atoms with Gasteiger partial charge in [-0.1, -0.05) is 0 Å². The van der Waals surface area contributed by atoms with Gasteiger partial charge >= 0.3 is 0 Å². The molecule has 0 aliphatic carbocycles. The molecule has 2 rings (SSSR count). The molecule has 0 fully saturated rings. The van der Waals surface area contributed by atoms with Crippen LogP contribution in [-0.2, 0) is 6.61 Å². The Kier molecular flexibility index (Phi) is 1.59. The molecule has 2 heterocycles. The maximum atomic E-state index is 8.97. The Balaban J connectivity index is 2.75. The van der Waals surface area contributed by atoms with Gasteiger partial charge in [0.15, 0.2) is 0 Å². The molecule has 2 aromatic heterocycles. The fourth-order valence-corrected chi connectivity index (χ4v) is 1.29. The normalized spacial score (nSPS) is 10.8. The maximum Gasteiger partial charge on any atom is 0.137 e. The smallest absolute Gasteiger partial charge is 0.137 e. The van der Waals surface area contributed by atoms with Crippen LogP contribution in [0.15, 0.2) is 18.5 Å². The van der Waals surface area contributed by atoms with Gasteiger partial charge in [-0.25, -0.2) is 4.98 Å². The molecule has 62 valence electrons. The Bertz CT molecular complexity index is 406. The van der Waals surface area contributed by atoms with Gasteiger partial charge in [-0.2, -0.15) is 0 Å². The Morgan fingerprint density at radius 1 is 1.58 bits per heavy atom. The zero-order valence-electron chi connectivity index (χ0n) is 6.83. The van der Waals surface area contributed by atoms with Crippen molar-refractivity contribution in [2.75, 3.05) is 0 Å². The number of aromatic amines is 1. The first kappa shape index (κ1) is 7.31. The van der Waals surface area contributed by atoms with Crippen LogP contribution in [-0.4, -0.2) is 15.1 Å². The second-order valence-corrected chi connectivity index (χ2v) is 2.88. The number of hydrogen-bond acceptors (Lipinski definition) is 2. The SMILES string of the molecule is Cc1cnc2[nH]cc(CO)c2c1. The van der Waals surface area contributed by atoms with E-state index >= 15 is 0 Å². The molecule has 0 radical (unpaired) electrons. The van der Waals surface area contributed by atoms with Crippen molar-refractivity contribution in [2.45, 2.75) is 13.5 Å². The van der Waals surface area contributed by atoms with Crippen LogP contribution in [0.5, 0.6) is 0 Å². The molecule has 3 nitrogen and oxygen atoms in total. The number of aromatic nitrogens is 2. The topological polar surface area (TPSA) is 48.9 Å². The summed E-state index contributed by atoms with van der Waals surface area (Å²) < 4.78 is 0. The quantitative estimate of drug-likeness (QED) is 0.665. The molecular formula is C9H10N2O. The highest BCUT2D eigenvalue weighted by Gasteiger charge is 2.02. The molecule has 0 saturated heterocycles. The van der Waals surface area contributed by atoms with E-state index in [0.717, 1.165) is 22.2 Å². The van der Waals surface area contributed by atoms with Crippen molar-refractivity contribution in [2.24, 2.45) is 0 Å². The molecule has 3 heteroatoms. The van der Waals surface area contributed by atoms with Crippen LogP contribution in [0.1, 0.15) is 11.1 Å². The second-order valence-electron chi connectivity index (χ2n) is 2.88. The van der Waals surface area contributed by atoms with E-state index in [1.807, 2.05) is 13.0 Å². The van der Waals surface area contributed by atoms with Crippen LogP contribution in [0.2, 0.25) is 0 Å². The Hall–Kier alpha value is -1.35. The third-order valence-electron chi connectivity index (χ3n) is 1.92. The third-order valence-corrected chi connectivity index (χ3v) is 1.92. The Morgan fingerprint density at radius 2 is 2.42 bits per heavy atom. The highest BCUT2D eigenvalue weighted by molar-refractivity contribution is 5.79. The standard InChI is InChI=1S/C9H10N2O/c1-6-2-8-7(5-12)4-11-9(8)10-3-6/h2-4,12H,5H2,1H3,(H,10,11). The Labute approximate surface area is 70.1 Å². The molecule has 0 saturated carbocycles. The van der Waals surface area contributed by atoms with Crippen LogP contribution >= 0.6 is 0 Å². The molecule has 0 aromatic carbocycles. The summed E-state index contributed by atoms with van der Waals surface area (Å²) in [5.74, 6) is 0. The monoisotopic (exact) mass is 162 g/mol. The molecule has 0 unspecified atom stereocenters. The molecule has 0 amide bonds. The fraction of sp³-hybridized carbons (Fsp3) is 0.222. The summed E-state index contributed by atoms with van der Waals surface area (Å²) in [7, 11) is 0. The number of fused-ring (bicyclic) bond motifs is 1. The van der Waals surface area contributed by atoms with E-state index in [1.165, 1.54) is 0 Å². The largest absolute Gasteiger partial charge is 0.392 e. The van der Waals surface area contributed by atoms with E-state index in [-0.39, 0.29) is 6.61 Å². The molecule has 0 atom stereocenters. The van der Waals surface area contributed by atoms with Crippen molar-refractivity contribution in [3.05, 3.63) is 29.6 Å². The number of pyridine rings is 1. The van der Waals surface area contributed by atoms with E-state index in [2.05, 4.69) is 9.97 Å². The van der Waals surface area contributed by atoms with Crippen LogP contribution in [0.3, 0.4) is 0 Å². The van der Waals surface area contributed by atoms with Gasteiger partial charge < -0.3 is 10.1 Å². The number of nitrogens with zero attached hydrogens (tertiary/aromatic N) is 1. The highest BCUT2D eigenvalue weighted by atomic mass is 16.3. The minimum Gasteiger partial charge on any atom is -0.392 e. The van der Waals surface area contributed by atoms with Crippen LogP contribution in [0.4, 0.5) is 0 Å². The van der Waals surface area contributed by atoms with Gasteiger partial charge in [0.1, 0.15) is 5.65 Å². The van der Waals surface area contributed by atoms with E-state index in [9.17, 15) is 0 Å². The summed E-state index contributed by atoms with van der Waals surface area (Å²) in [6, 6.07) is 2.02. The average molecular weight is 162 g/mol. The molecule has 2 N–H and O–H groups in total. The lowest BCUT2D eigenvalue weighted by Crippen LogP contribution is -1.81. The number of aliphatic hydroxyl groups is 1. The minimum atomic E-state index is 0.0606. The number of aryl methyl sites for hydroxylation is 1. The lowest BCUT2D eigenvalue weighted by Gasteiger charge is -1.93. The highest BCUT2D eigenvalue weighted by Crippen LogP contribution is 2.16. The number of hydrogen-bond donors (Lipinski definition) is 2. The van der Waals surface area contributed by atoms with Crippen molar-refractivity contribution in [1.82, 2.24) is 9.97 Å². The van der Waals surface area contributed by atoms with Crippen molar-refractivity contribution in [3.8, 4) is 0 Å². The van der Waals surface area contributed by atoms with E-state index in [0.29, 0.717) is 0 Å². The van der Waals surface area contributed by atoms with E-state index < -0.39 is 0 Å². The second kappa shape index (κ2) is 2.60. The summed E-state index contributed by atoms with van der Waals surface area (Å²) in [5.41, 5.74) is 2.85. The lowest BCUT2D eigenvalue weighted by atomic mass is 10.2. The van der Waals surface area contributed by atoms with Gasteiger partial charge in [0.25, 0.3) is 0 Å². The summed E-state index contributed by atoms with van der Waals surface area (Å²) in [4.78, 5) is 7.18. The molecule has 0 bridgehead atoms. The van der Waals surface area contributed by atoms with Crippen molar-refractivity contribution in [3.63, 3.8) is 0 Å². The number of rotatable bonds is 1. The predicted octanol–water partition coefficient (Wildman–Crippen LogP) is 1.36. The minimum absolute atomic E-state index is 0.0606. The Morgan fingerprint density at radius 3 is 3.17 bits per heavy atom. The summed E-state index contributed by atoms with van der Waals surface area (Å²) in [5, 5.41) is 9.98. The van der Waals surface area contributed by atoms with Gasteiger partial charge in [0.2, 0.25) is 0 Å². The summed E-state index contributed by atoms with van der Waals surface area (Å²) >= 11 is 0. The molecule has 0 aliphatic heterocycles. The van der Waals surface area contributed by atoms with Gasteiger partial charge in [0, 0.05) is 23.3 Å². The van der Waals surface area contributed by atoms with Crippen molar-refractivity contribution < 1.29 is 5.11 Å². The maximum absolute atomic E-state index is 8.97. The van der Waals surface area contributed by atoms with Gasteiger partial charge in [-0.15, -0.1) is 0 Å². The van der Waals surface area contributed by atoms with E-state index in [1.54, 1.807) is 12.4 Å². The average Bonchev–Trinajstić information content (AvgIpc) is 2.46. The first-order valence-electron chi connectivity index (χ1n) is 3.84. The van der Waals surface area contributed by atoms with Gasteiger partial charge in [-0.3, -0.25) is 0 Å². The molecular weight excluding hydrogens is 152 g/mol. The summed E-state index contributed by atoms with van der Waals surface area (Å²) in [6.45, 7) is 2.05. The zero-order valence-corrected chi connectivity index (χ0v) is 6.83. The zero-order chi connectivity index (χ0) is 8.55. The number of H-pyrrole nitrogens is 1. The van der Waals surface area contributed by atoms with Crippen molar-refractivity contribution >= 4 is 11.0 Å². The fourth-order valence-electron chi connectivity index (χ4n) is 1.29. The van der Waals surface area contributed by atoms with Gasteiger partial charge in [-0.05, 0) is 18.6 Å². The van der Waals surface area contributed by atoms with Gasteiger partial charge in [0.05, 0.1) is 6.61 Å². The molecule has 0 spiro atoms. The summed E-state index contributed by atoms with van der Waals surface area (Å²) in [6.07, 6.45) is 3.59. The van der Waals surface area contributed by atoms with Crippen molar-refractivity contribution in [1.29, 1.82) is 0 Å². The molecule has 12 heavy (non-hydrogen) atoms. The van der Waals surface area contributed by atoms with Crippen LogP contribution in [0, 0.1) is 6.92 Å². The predicted molar refractivity (Wildman–Crippen MR) is 46.8 cm³/mol.